The largest absolute Gasteiger partial charge is 0.325 e. The van der Waals surface area contributed by atoms with Gasteiger partial charge in [0.05, 0.1) is 18.2 Å². The molecule has 22 heavy (non-hydrogen) atoms. The Balaban J connectivity index is 2.05. The quantitative estimate of drug-likeness (QED) is 0.684. The Kier molecular flexibility index (Phi) is 4.79. The van der Waals surface area contributed by atoms with Crippen LogP contribution in [0, 0.1) is 6.92 Å². The van der Waals surface area contributed by atoms with Crippen LogP contribution in [0.2, 0.25) is 0 Å². The van der Waals surface area contributed by atoms with Gasteiger partial charge >= 0.3 is 6.03 Å². The summed E-state index contributed by atoms with van der Waals surface area (Å²) in [4.78, 5) is 34.6. The molecule has 0 aliphatic carbocycles. The van der Waals surface area contributed by atoms with Gasteiger partial charge in [0, 0.05) is 6.07 Å². The number of aryl methyl sites for hydroxylation is 1. The molecule has 8 heteroatoms. The SMILES string of the molecule is CCC(CC)n1nc(C)cc1NC(=O)C[C@@H]1NC(=O)NC1=O. The predicted molar refractivity (Wildman–Crippen MR) is 80.3 cm³/mol. The topological polar surface area (TPSA) is 105 Å². The van der Waals surface area contributed by atoms with Gasteiger partial charge in [-0.3, -0.25) is 14.9 Å². The first kappa shape index (κ1) is 16.0. The number of carbonyl (C=O) groups excluding carboxylic acids is 3. The minimum atomic E-state index is -0.821. The van der Waals surface area contributed by atoms with Gasteiger partial charge in [0.25, 0.3) is 5.91 Å². The lowest BCUT2D eigenvalue weighted by Crippen LogP contribution is -2.33. The zero-order valence-corrected chi connectivity index (χ0v) is 13.0. The van der Waals surface area contributed by atoms with Crippen LogP contribution in [0.5, 0.6) is 0 Å². The Hall–Kier alpha value is -2.38. The van der Waals surface area contributed by atoms with Crippen molar-refractivity contribution in [2.24, 2.45) is 0 Å². The summed E-state index contributed by atoms with van der Waals surface area (Å²) < 4.78 is 1.81. The van der Waals surface area contributed by atoms with Crippen LogP contribution in [-0.2, 0) is 9.59 Å². The minimum Gasteiger partial charge on any atom is -0.325 e. The van der Waals surface area contributed by atoms with Crippen molar-refractivity contribution < 1.29 is 14.4 Å². The fraction of sp³-hybridized carbons (Fsp3) is 0.571. The van der Waals surface area contributed by atoms with Crippen molar-refractivity contribution in [3.05, 3.63) is 11.8 Å². The summed E-state index contributed by atoms with van der Waals surface area (Å²) in [5.41, 5.74) is 0.814. The molecule has 0 bridgehead atoms. The van der Waals surface area contributed by atoms with Crippen LogP contribution in [-0.4, -0.2) is 33.7 Å². The molecule has 1 aliphatic heterocycles. The first-order valence-electron chi connectivity index (χ1n) is 7.41. The number of nitrogens with one attached hydrogen (secondary N) is 3. The molecular weight excluding hydrogens is 286 g/mol. The molecule has 1 atom stereocenters. The zero-order valence-electron chi connectivity index (χ0n) is 13.0. The van der Waals surface area contributed by atoms with Gasteiger partial charge in [-0.2, -0.15) is 5.10 Å². The van der Waals surface area contributed by atoms with Gasteiger partial charge in [0.15, 0.2) is 0 Å². The second-order valence-corrected chi connectivity index (χ2v) is 5.35. The zero-order chi connectivity index (χ0) is 16.3. The molecule has 8 nitrogen and oxygen atoms in total. The lowest BCUT2D eigenvalue weighted by molar-refractivity contribution is -0.124. The minimum absolute atomic E-state index is 0.106. The van der Waals surface area contributed by atoms with E-state index in [4.69, 9.17) is 0 Å². The van der Waals surface area contributed by atoms with E-state index in [0.29, 0.717) is 5.82 Å². The maximum Gasteiger partial charge on any atom is 0.322 e. The molecule has 0 saturated carbocycles. The summed E-state index contributed by atoms with van der Waals surface area (Å²) >= 11 is 0. The highest BCUT2D eigenvalue weighted by Crippen LogP contribution is 2.22. The fourth-order valence-electron chi connectivity index (χ4n) is 2.50. The van der Waals surface area contributed by atoms with Crippen molar-refractivity contribution in [2.75, 3.05) is 5.32 Å². The van der Waals surface area contributed by atoms with E-state index in [0.717, 1.165) is 18.5 Å². The van der Waals surface area contributed by atoms with Crippen LogP contribution < -0.4 is 16.0 Å². The number of carbonyl (C=O) groups is 3. The molecule has 1 aliphatic rings. The van der Waals surface area contributed by atoms with E-state index < -0.39 is 18.0 Å². The molecule has 2 heterocycles. The molecule has 1 aromatic heterocycles. The Morgan fingerprint density at radius 3 is 2.64 bits per heavy atom. The summed E-state index contributed by atoms with van der Waals surface area (Å²) in [5.74, 6) is -0.208. The highest BCUT2D eigenvalue weighted by Gasteiger charge is 2.31. The van der Waals surface area contributed by atoms with E-state index in [1.807, 2.05) is 6.92 Å². The number of amides is 4. The van der Waals surface area contributed by atoms with Gasteiger partial charge in [0.1, 0.15) is 11.9 Å². The summed E-state index contributed by atoms with van der Waals surface area (Å²) in [6.07, 6.45) is 1.70. The summed E-state index contributed by atoms with van der Waals surface area (Å²) in [7, 11) is 0. The maximum absolute atomic E-state index is 12.1. The Labute approximate surface area is 128 Å². The lowest BCUT2D eigenvalue weighted by Gasteiger charge is -2.17. The second-order valence-electron chi connectivity index (χ2n) is 5.35. The van der Waals surface area contributed by atoms with Gasteiger partial charge in [-0.05, 0) is 19.8 Å². The van der Waals surface area contributed by atoms with E-state index in [1.54, 1.807) is 10.7 Å². The van der Waals surface area contributed by atoms with Crippen LogP contribution in [0.15, 0.2) is 6.07 Å². The van der Waals surface area contributed by atoms with Crippen LogP contribution >= 0.6 is 0 Å². The molecule has 1 fully saturated rings. The molecule has 0 aromatic carbocycles. The van der Waals surface area contributed by atoms with Crippen molar-refractivity contribution in [1.29, 1.82) is 0 Å². The van der Waals surface area contributed by atoms with Gasteiger partial charge in [-0.1, -0.05) is 13.8 Å². The third-order valence-electron chi connectivity index (χ3n) is 3.66. The molecule has 0 unspecified atom stereocenters. The molecule has 0 radical (unpaired) electrons. The third-order valence-corrected chi connectivity index (χ3v) is 3.66. The van der Waals surface area contributed by atoms with Crippen molar-refractivity contribution in [3.63, 3.8) is 0 Å². The summed E-state index contributed by atoms with van der Waals surface area (Å²) in [6.45, 7) is 5.99. The lowest BCUT2D eigenvalue weighted by atomic mass is 10.2. The van der Waals surface area contributed by atoms with Gasteiger partial charge in [-0.25, -0.2) is 9.48 Å². The molecular formula is C14H21N5O3. The monoisotopic (exact) mass is 307 g/mol. The van der Waals surface area contributed by atoms with Crippen molar-refractivity contribution in [2.45, 2.75) is 52.1 Å². The van der Waals surface area contributed by atoms with E-state index in [-0.39, 0.29) is 18.4 Å². The van der Waals surface area contributed by atoms with Gasteiger partial charge in [0.2, 0.25) is 5.91 Å². The molecule has 4 amide bonds. The van der Waals surface area contributed by atoms with Gasteiger partial charge in [-0.15, -0.1) is 0 Å². The van der Waals surface area contributed by atoms with Crippen molar-refractivity contribution in [1.82, 2.24) is 20.4 Å². The first-order valence-corrected chi connectivity index (χ1v) is 7.41. The van der Waals surface area contributed by atoms with Crippen molar-refractivity contribution in [3.8, 4) is 0 Å². The van der Waals surface area contributed by atoms with E-state index in [2.05, 4.69) is 34.9 Å². The van der Waals surface area contributed by atoms with Crippen LogP contribution in [0.4, 0.5) is 10.6 Å². The maximum atomic E-state index is 12.1. The summed E-state index contributed by atoms with van der Waals surface area (Å²) in [5, 5.41) is 11.7. The molecule has 2 rings (SSSR count). The highest BCUT2D eigenvalue weighted by atomic mass is 16.2. The number of urea groups is 1. The number of nitrogens with zero attached hydrogens (tertiary/aromatic N) is 2. The molecule has 1 aromatic rings. The third kappa shape index (κ3) is 3.44. The Bertz CT molecular complexity index is 591. The van der Waals surface area contributed by atoms with Gasteiger partial charge < -0.3 is 10.6 Å². The Morgan fingerprint density at radius 2 is 2.09 bits per heavy atom. The molecule has 120 valence electrons. The fourth-order valence-corrected chi connectivity index (χ4v) is 2.50. The average Bonchev–Trinajstić information content (AvgIpc) is 2.94. The predicted octanol–water partition coefficient (Wildman–Crippen LogP) is 1.09. The first-order chi connectivity index (χ1) is 10.4. The van der Waals surface area contributed by atoms with Crippen LogP contribution in [0.3, 0.4) is 0 Å². The number of imide groups is 1. The van der Waals surface area contributed by atoms with E-state index in [1.165, 1.54) is 0 Å². The Morgan fingerprint density at radius 1 is 1.41 bits per heavy atom. The van der Waals surface area contributed by atoms with Crippen molar-refractivity contribution >= 4 is 23.7 Å². The number of hydrogen-bond donors (Lipinski definition) is 3. The molecule has 0 spiro atoms. The number of rotatable bonds is 6. The van der Waals surface area contributed by atoms with E-state index in [9.17, 15) is 14.4 Å². The second kappa shape index (κ2) is 6.59. The molecule has 1 saturated heterocycles. The normalized spacial score (nSPS) is 17.5. The number of anilines is 1. The van der Waals surface area contributed by atoms with E-state index >= 15 is 0 Å². The van der Waals surface area contributed by atoms with Crippen LogP contribution in [0.25, 0.3) is 0 Å². The highest BCUT2D eigenvalue weighted by molar-refractivity contribution is 6.06. The van der Waals surface area contributed by atoms with Crippen LogP contribution in [0.1, 0.15) is 44.8 Å². The summed E-state index contributed by atoms with van der Waals surface area (Å²) in [6, 6.07) is 0.612. The standard InChI is InChI=1S/C14H21N5O3/c1-4-9(5-2)19-11(6-8(3)18-19)16-12(20)7-10-13(21)17-14(22)15-10/h6,9-10H,4-5,7H2,1-3H3,(H,16,20)(H2,15,17,21,22)/t10-/m0/s1. The number of hydrogen-bond acceptors (Lipinski definition) is 4. The average molecular weight is 307 g/mol. The molecule has 3 N–H and O–H groups in total. The smallest absolute Gasteiger partial charge is 0.322 e. The number of aromatic nitrogens is 2.